The summed E-state index contributed by atoms with van der Waals surface area (Å²) in [6.07, 6.45) is 4.30. The lowest BCUT2D eigenvalue weighted by atomic mass is 10.1. The molecule has 0 aliphatic heterocycles. The van der Waals surface area contributed by atoms with Crippen molar-refractivity contribution >= 4 is 11.8 Å². The van der Waals surface area contributed by atoms with Crippen LogP contribution in [0.5, 0.6) is 0 Å². The standard InChI is InChI=1S/C17H17N5O3/c1-2-21-11-14(10-18-21)22-7-6-16(23)15(20-22)9-12-4-3-5-13(8-12)19-17(24)25/h3-8,10-11,19H,2,9H2,1H3,(H,24,25). The Labute approximate surface area is 143 Å². The van der Waals surface area contributed by atoms with Gasteiger partial charge in [0.25, 0.3) is 0 Å². The maximum absolute atomic E-state index is 12.1. The van der Waals surface area contributed by atoms with Crippen LogP contribution >= 0.6 is 0 Å². The first-order valence-electron chi connectivity index (χ1n) is 7.75. The van der Waals surface area contributed by atoms with Crippen molar-refractivity contribution in [3.8, 4) is 5.69 Å². The lowest BCUT2D eigenvalue weighted by Crippen LogP contribution is -2.16. The van der Waals surface area contributed by atoms with E-state index in [1.165, 1.54) is 6.07 Å². The number of aromatic nitrogens is 4. The third-order valence-corrected chi connectivity index (χ3v) is 3.64. The van der Waals surface area contributed by atoms with E-state index >= 15 is 0 Å². The minimum absolute atomic E-state index is 0.171. The molecule has 0 radical (unpaired) electrons. The number of amides is 1. The fraction of sp³-hybridized carbons (Fsp3) is 0.176. The van der Waals surface area contributed by atoms with Crippen molar-refractivity contribution in [2.75, 3.05) is 5.32 Å². The molecule has 2 heterocycles. The molecule has 0 aliphatic rings. The van der Waals surface area contributed by atoms with Crippen LogP contribution in [0.3, 0.4) is 0 Å². The second-order valence-electron chi connectivity index (χ2n) is 5.43. The van der Waals surface area contributed by atoms with Crippen molar-refractivity contribution in [3.05, 3.63) is 70.4 Å². The van der Waals surface area contributed by atoms with Gasteiger partial charge in [0.15, 0.2) is 0 Å². The maximum atomic E-state index is 12.1. The average molecular weight is 339 g/mol. The van der Waals surface area contributed by atoms with Crippen LogP contribution in [0.25, 0.3) is 5.69 Å². The van der Waals surface area contributed by atoms with E-state index in [0.717, 1.165) is 17.8 Å². The zero-order valence-electron chi connectivity index (χ0n) is 13.6. The number of hydrogen-bond donors (Lipinski definition) is 2. The van der Waals surface area contributed by atoms with Gasteiger partial charge < -0.3 is 5.11 Å². The summed E-state index contributed by atoms with van der Waals surface area (Å²) in [7, 11) is 0. The highest BCUT2D eigenvalue weighted by atomic mass is 16.4. The molecule has 0 fully saturated rings. The molecule has 0 atom stereocenters. The number of nitrogens with one attached hydrogen (secondary N) is 1. The summed E-state index contributed by atoms with van der Waals surface area (Å²) < 4.78 is 3.38. The molecule has 1 amide bonds. The van der Waals surface area contributed by atoms with Gasteiger partial charge in [0.1, 0.15) is 11.4 Å². The Balaban J connectivity index is 1.88. The minimum Gasteiger partial charge on any atom is -0.465 e. The van der Waals surface area contributed by atoms with E-state index in [9.17, 15) is 9.59 Å². The first kappa shape index (κ1) is 16.4. The first-order valence-corrected chi connectivity index (χ1v) is 7.75. The Bertz CT molecular complexity index is 961. The van der Waals surface area contributed by atoms with Crippen molar-refractivity contribution < 1.29 is 9.90 Å². The second kappa shape index (κ2) is 7.00. The maximum Gasteiger partial charge on any atom is 0.409 e. The van der Waals surface area contributed by atoms with Crippen molar-refractivity contribution in [1.82, 2.24) is 19.6 Å². The number of carbonyl (C=O) groups is 1. The Morgan fingerprint density at radius 2 is 2.16 bits per heavy atom. The average Bonchev–Trinajstić information content (AvgIpc) is 3.06. The summed E-state index contributed by atoms with van der Waals surface area (Å²) in [5, 5.41) is 19.7. The highest BCUT2D eigenvalue weighted by molar-refractivity contribution is 5.82. The molecule has 0 aliphatic carbocycles. The van der Waals surface area contributed by atoms with Crippen LogP contribution in [0.2, 0.25) is 0 Å². The molecular formula is C17H17N5O3. The van der Waals surface area contributed by atoms with E-state index < -0.39 is 6.09 Å². The summed E-state index contributed by atoms with van der Waals surface area (Å²) >= 11 is 0. The van der Waals surface area contributed by atoms with Crippen LogP contribution in [0.4, 0.5) is 10.5 Å². The smallest absolute Gasteiger partial charge is 0.409 e. The molecule has 2 aromatic heterocycles. The second-order valence-corrected chi connectivity index (χ2v) is 5.43. The molecule has 0 unspecified atom stereocenters. The van der Waals surface area contributed by atoms with Crippen molar-refractivity contribution in [3.63, 3.8) is 0 Å². The molecule has 8 heteroatoms. The van der Waals surface area contributed by atoms with Crippen LogP contribution in [0.15, 0.2) is 53.7 Å². The number of anilines is 1. The van der Waals surface area contributed by atoms with E-state index in [1.54, 1.807) is 40.0 Å². The molecule has 25 heavy (non-hydrogen) atoms. The SMILES string of the molecule is CCn1cc(-n2ccc(=O)c(Cc3cccc(NC(=O)O)c3)n2)cn1. The third kappa shape index (κ3) is 3.92. The largest absolute Gasteiger partial charge is 0.465 e. The van der Waals surface area contributed by atoms with Crippen LogP contribution in [0.1, 0.15) is 18.2 Å². The van der Waals surface area contributed by atoms with Crippen LogP contribution in [-0.2, 0) is 13.0 Å². The first-order chi connectivity index (χ1) is 12.0. The van der Waals surface area contributed by atoms with Gasteiger partial charge in [0.2, 0.25) is 5.43 Å². The van der Waals surface area contributed by atoms with Gasteiger partial charge >= 0.3 is 6.09 Å². The van der Waals surface area contributed by atoms with E-state index in [4.69, 9.17) is 5.11 Å². The molecule has 8 nitrogen and oxygen atoms in total. The van der Waals surface area contributed by atoms with Gasteiger partial charge in [-0.15, -0.1) is 0 Å². The predicted molar refractivity (Wildman–Crippen MR) is 92.2 cm³/mol. The lowest BCUT2D eigenvalue weighted by Gasteiger charge is -2.07. The molecule has 128 valence electrons. The lowest BCUT2D eigenvalue weighted by molar-refractivity contribution is 0.210. The summed E-state index contributed by atoms with van der Waals surface area (Å²) in [5.41, 5.74) is 2.21. The van der Waals surface area contributed by atoms with Gasteiger partial charge in [-0.1, -0.05) is 12.1 Å². The zero-order valence-corrected chi connectivity index (χ0v) is 13.6. The number of benzene rings is 1. The molecule has 0 bridgehead atoms. The number of aryl methyl sites for hydroxylation is 1. The van der Waals surface area contributed by atoms with Gasteiger partial charge in [0, 0.05) is 30.9 Å². The molecule has 3 rings (SSSR count). The van der Waals surface area contributed by atoms with Gasteiger partial charge in [0.05, 0.1) is 12.4 Å². The number of nitrogens with zero attached hydrogens (tertiary/aromatic N) is 4. The van der Waals surface area contributed by atoms with Crippen LogP contribution in [-0.4, -0.2) is 30.8 Å². The van der Waals surface area contributed by atoms with E-state index in [2.05, 4.69) is 15.5 Å². The minimum atomic E-state index is -1.13. The molecule has 1 aromatic carbocycles. The summed E-state index contributed by atoms with van der Waals surface area (Å²) in [6.45, 7) is 2.73. The Hall–Kier alpha value is -3.42. The van der Waals surface area contributed by atoms with Crippen molar-refractivity contribution in [1.29, 1.82) is 0 Å². The zero-order chi connectivity index (χ0) is 17.8. The highest BCUT2D eigenvalue weighted by Gasteiger charge is 2.08. The molecule has 0 saturated carbocycles. The van der Waals surface area contributed by atoms with Crippen LogP contribution < -0.4 is 10.7 Å². The fourth-order valence-electron chi connectivity index (χ4n) is 2.43. The third-order valence-electron chi connectivity index (χ3n) is 3.64. The van der Waals surface area contributed by atoms with E-state index in [-0.39, 0.29) is 5.43 Å². The van der Waals surface area contributed by atoms with Gasteiger partial charge in [-0.05, 0) is 24.6 Å². The fourth-order valence-corrected chi connectivity index (χ4v) is 2.43. The van der Waals surface area contributed by atoms with Crippen molar-refractivity contribution in [2.24, 2.45) is 0 Å². The van der Waals surface area contributed by atoms with E-state index in [0.29, 0.717) is 17.8 Å². The van der Waals surface area contributed by atoms with Crippen molar-refractivity contribution in [2.45, 2.75) is 19.9 Å². The molecule has 2 N–H and O–H groups in total. The van der Waals surface area contributed by atoms with Crippen LogP contribution in [0, 0.1) is 0 Å². The quantitative estimate of drug-likeness (QED) is 0.741. The normalized spacial score (nSPS) is 10.6. The van der Waals surface area contributed by atoms with Gasteiger partial charge in [-0.3, -0.25) is 14.8 Å². The predicted octanol–water partition coefficient (Wildman–Crippen LogP) is 2.13. The Morgan fingerprint density at radius 3 is 2.88 bits per heavy atom. The number of hydrogen-bond acceptors (Lipinski definition) is 4. The summed E-state index contributed by atoms with van der Waals surface area (Å²) in [4.78, 5) is 22.9. The monoisotopic (exact) mass is 339 g/mol. The molecule has 3 aromatic rings. The van der Waals surface area contributed by atoms with E-state index in [1.807, 2.05) is 19.2 Å². The molecule has 0 saturated heterocycles. The Kier molecular flexibility index (Phi) is 4.60. The number of carboxylic acid groups (broad SMARTS) is 1. The highest BCUT2D eigenvalue weighted by Crippen LogP contribution is 2.13. The topological polar surface area (TPSA) is 102 Å². The summed E-state index contributed by atoms with van der Waals surface area (Å²) in [6, 6.07) is 8.34. The number of rotatable bonds is 5. The Morgan fingerprint density at radius 1 is 1.32 bits per heavy atom. The van der Waals surface area contributed by atoms with Gasteiger partial charge in [-0.25, -0.2) is 9.48 Å². The summed E-state index contributed by atoms with van der Waals surface area (Å²) in [5.74, 6) is 0. The van der Waals surface area contributed by atoms with Gasteiger partial charge in [-0.2, -0.15) is 10.2 Å². The molecular weight excluding hydrogens is 322 g/mol. The molecule has 0 spiro atoms.